The number of H-pyrrole nitrogens is 1. The number of halogens is 1. The number of tetrazole rings is 1. The molecule has 0 unspecified atom stereocenters. The summed E-state index contributed by atoms with van der Waals surface area (Å²) in [5.41, 5.74) is 0.937. The van der Waals surface area contributed by atoms with E-state index in [-0.39, 0.29) is 11.6 Å². The van der Waals surface area contributed by atoms with Gasteiger partial charge in [0.15, 0.2) is 17.4 Å². The zero-order chi connectivity index (χ0) is 12.1. The molecule has 1 heterocycles. The van der Waals surface area contributed by atoms with Crippen molar-refractivity contribution in [2.24, 2.45) is 0 Å². The summed E-state index contributed by atoms with van der Waals surface area (Å²) in [7, 11) is 1.45. The number of benzene rings is 1. The van der Waals surface area contributed by atoms with Gasteiger partial charge < -0.3 is 4.74 Å². The van der Waals surface area contributed by atoms with Gasteiger partial charge in [-0.3, -0.25) is 0 Å². The van der Waals surface area contributed by atoms with Crippen molar-refractivity contribution >= 4 is 0 Å². The van der Waals surface area contributed by atoms with Crippen molar-refractivity contribution in [3.05, 3.63) is 35.4 Å². The minimum Gasteiger partial charge on any atom is -0.494 e. The van der Waals surface area contributed by atoms with E-state index in [1.54, 1.807) is 6.07 Å². The zero-order valence-electron chi connectivity index (χ0n) is 9.48. The van der Waals surface area contributed by atoms with Gasteiger partial charge in [-0.1, -0.05) is 11.3 Å². The summed E-state index contributed by atoms with van der Waals surface area (Å²) in [4.78, 5) is 0. The van der Waals surface area contributed by atoms with E-state index in [0.29, 0.717) is 5.82 Å². The number of nitrogens with zero attached hydrogens (tertiary/aromatic N) is 3. The lowest BCUT2D eigenvalue weighted by Crippen LogP contribution is -1.94. The van der Waals surface area contributed by atoms with Crippen LogP contribution < -0.4 is 4.74 Å². The maximum absolute atomic E-state index is 13.4. The molecular weight excluding hydrogens is 223 g/mol. The number of rotatable bonds is 5. The number of hydrogen-bond donors (Lipinski definition) is 1. The number of aryl methyl sites for hydroxylation is 2. The van der Waals surface area contributed by atoms with Gasteiger partial charge in [-0.05, 0) is 30.5 Å². The molecule has 0 spiro atoms. The van der Waals surface area contributed by atoms with Crippen LogP contribution in [0.3, 0.4) is 0 Å². The molecular formula is C11H13FN4O. The number of ether oxygens (including phenoxy) is 1. The van der Waals surface area contributed by atoms with Crippen molar-refractivity contribution in [1.29, 1.82) is 0 Å². The first-order valence-corrected chi connectivity index (χ1v) is 5.34. The van der Waals surface area contributed by atoms with Crippen LogP contribution in [-0.4, -0.2) is 27.7 Å². The monoisotopic (exact) mass is 236 g/mol. The Labute approximate surface area is 98.0 Å². The van der Waals surface area contributed by atoms with Crippen molar-refractivity contribution in [3.63, 3.8) is 0 Å². The molecule has 0 aliphatic rings. The molecule has 0 fully saturated rings. The highest BCUT2D eigenvalue weighted by Gasteiger charge is 2.04. The van der Waals surface area contributed by atoms with Gasteiger partial charge in [0.05, 0.1) is 7.11 Å². The maximum atomic E-state index is 13.4. The molecule has 0 aliphatic heterocycles. The molecule has 17 heavy (non-hydrogen) atoms. The van der Waals surface area contributed by atoms with Crippen LogP contribution >= 0.6 is 0 Å². The number of aromatic amines is 1. The zero-order valence-corrected chi connectivity index (χ0v) is 9.48. The summed E-state index contributed by atoms with van der Waals surface area (Å²) in [6.45, 7) is 0. The normalized spacial score (nSPS) is 10.5. The van der Waals surface area contributed by atoms with Crippen molar-refractivity contribution in [1.82, 2.24) is 20.6 Å². The molecule has 1 N–H and O–H groups in total. The third-order valence-corrected chi connectivity index (χ3v) is 2.47. The third-order valence-electron chi connectivity index (χ3n) is 2.47. The molecule has 1 aromatic carbocycles. The molecule has 0 amide bonds. The number of aromatic nitrogens is 4. The average molecular weight is 236 g/mol. The van der Waals surface area contributed by atoms with Crippen LogP contribution in [0.15, 0.2) is 18.2 Å². The molecule has 2 rings (SSSR count). The fourth-order valence-electron chi connectivity index (χ4n) is 1.60. The quantitative estimate of drug-likeness (QED) is 0.855. The lowest BCUT2D eigenvalue weighted by Gasteiger charge is -2.04. The van der Waals surface area contributed by atoms with E-state index in [0.717, 1.165) is 24.8 Å². The topological polar surface area (TPSA) is 63.7 Å². The first-order valence-electron chi connectivity index (χ1n) is 5.34. The Balaban J connectivity index is 1.89. The van der Waals surface area contributed by atoms with Gasteiger partial charge in [-0.2, -0.15) is 5.21 Å². The van der Waals surface area contributed by atoms with E-state index >= 15 is 0 Å². The minimum absolute atomic E-state index is 0.270. The maximum Gasteiger partial charge on any atom is 0.174 e. The highest BCUT2D eigenvalue weighted by molar-refractivity contribution is 5.29. The Morgan fingerprint density at radius 2 is 2.24 bits per heavy atom. The molecule has 1 aromatic heterocycles. The summed E-state index contributed by atoms with van der Waals surface area (Å²) in [5.74, 6) is 0.621. The molecule has 6 heteroatoms. The number of nitrogens with one attached hydrogen (secondary N) is 1. The predicted octanol–water partition coefficient (Wildman–Crippen LogP) is 1.52. The molecule has 0 atom stereocenters. The molecule has 0 bridgehead atoms. The summed E-state index contributed by atoms with van der Waals surface area (Å²) in [6.07, 6.45) is 2.35. The standard InChI is InChI=1S/C11H13FN4O/c1-17-10-6-5-8(7-9(10)12)3-2-4-11-13-15-16-14-11/h5-7H,2-4H2,1H3,(H,13,14,15,16). The SMILES string of the molecule is COc1ccc(CCCc2nn[nH]n2)cc1F. The fourth-order valence-corrected chi connectivity index (χ4v) is 1.60. The minimum atomic E-state index is -0.329. The first-order chi connectivity index (χ1) is 8.29. The van der Waals surface area contributed by atoms with E-state index in [1.807, 2.05) is 6.07 Å². The van der Waals surface area contributed by atoms with Crippen molar-refractivity contribution in [3.8, 4) is 5.75 Å². The van der Waals surface area contributed by atoms with Crippen LogP contribution in [0.5, 0.6) is 5.75 Å². The van der Waals surface area contributed by atoms with Crippen LogP contribution in [0, 0.1) is 5.82 Å². The van der Waals surface area contributed by atoms with E-state index in [2.05, 4.69) is 20.6 Å². The first kappa shape index (κ1) is 11.5. The van der Waals surface area contributed by atoms with Gasteiger partial charge in [0.25, 0.3) is 0 Å². The second-order valence-corrected chi connectivity index (χ2v) is 3.65. The Morgan fingerprint density at radius 3 is 2.88 bits per heavy atom. The molecule has 0 saturated carbocycles. The molecule has 0 radical (unpaired) electrons. The Hall–Kier alpha value is -1.98. The number of hydrogen-bond acceptors (Lipinski definition) is 4. The van der Waals surface area contributed by atoms with Gasteiger partial charge in [0, 0.05) is 6.42 Å². The third kappa shape index (κ3) is 2.99. The van der Waals surface area contributed by atoms with E-state index < -0.39 is 0 Å². The summed E-state index contributed by atoms with van der Waals surface area (Å²) < 4.78 is 18.2. The van der Waals surface area contributed by atoms with Crippen molar-refractivity contribution in [2.45, 2.75) is 19.3 Å². The Morgan fingerprint density at radius 1 is 1.35 bits per heavy atom. The second kappa shape index (κ2) is 5.38. The largest absolute Gasteiger partial charge is 0.494 e. The van der Waals surface area contributed by atoms with Crippen molar-refractivity contribution < 1.29 is 9.13 Å². The lowest BCUT2D eigenvalue weighted by atomic mass is 10.1. The molecule has 2 aromatic rings. The van der Waals surface area contributed by atoms with Crippen molar-refractivity contribution in [2.75, 3.05) is 7.11 Å². The van der Waals surface area contributed by atoms with Crippen LogP contribution in [-0.2, 0) is 12.8 Å². The van der Waals surface area contributed by atoms with Gasteiger partial charge in [0.1, 0.15) is 0 Å². The van der Waals surface area contributed by atoms with Gasteiger partial charge in [-0.25, -0.2) is 4.39 Å². The van der Waals surface area contributed by atoms with E-state index in [4.69, 9.17) is 4.74 Å². The summed E-state index contributed by atoms with van der Waals surface area (Å²) in [5, 5.41) is 13.6. The second-order valence-electron chi connectivity index (χ2n) is 3.65. The molecule has 5 nitrogen and oxygen atoms in total. The van der Waals surface area contributed by atoms with Crippen LogP contribution in [0.1, 0.15) is 17.8 Å². The van der Waals surface area contributed by atoms with Gasteiger partial charge >= 0.3 is 0 Å². The molecule has 0 saturated heterocycles. The van der Waals surface area contributed by atoms with Crippen LogP contribution in [0.2, 0.25) is 0 Å². The lowest BCUT2D eigenvalue weighted by molar-refractivity contribution is 0.386. The average Bonchev–Trinajstić information content (AvgIpc) is 2.82. The molecule has 90 valence electrons. The molecule has 0 aliphatic carbocycles. The Bertz CT molecular complexity index is 472. The highest BCUT2D eigenvalue weighted by atomic mass is 19.1. The van der Waals surface area contributed by atoms with Gasteiger partial charge in [-0.15, -0.1) is 10.2 Å². The van der Waals surface area contributed by atoms with E-state index in [9.17, 15) is 4.39 Å². The Kier molecular flexibility index (Phi) is 3.64. The van der Waals surface area contributed by atoms with E-state index in [1.165, 1.54) is 13.2 Å². The highest BCUT2D eigenvalue weighted by Crippen LogP contribution is 2.18. The summed E-state index contributed by atoms with van der Waals surface area (Å²) in [6, 6.07) is 4.99. The fraction of sp³-hybridized carbons (Fsp3) is 0.364. The summed E-state index contributed by atoms with van der Waals surface area (Å²) >= 11 is 0. The smallest absolute Gasteiger partial charge is 0.174 e. The van der Waals surface area contributed by atoms with Gasteiger partial charge in [0.2, 0.25) is 0 Å². The van der Waals surface area contributed by atoms with Crippen LogP contribution in [0.4, 0.5) is 4.39 Å². The van der Waals surface area contributed by atoms with Crippen LogP contribution in [0.25, 0.3) is 0 Å². The predicted molar refractivity (Wildman–Crippen MR) is 59.2 cm³/mol. The number of methoxy groups -OCH3 is 1.